The Morgan fingerprint density at radius 1 is 0.895 bits per heavy atom. The average Bonchev–Trinajstić information content (AvgIpc) is 2.33. The second-order valence-electron chi connectivity index (χ2n) is 4.65. The maximum atomic E-state index is 6.04. The Kier molecular flexibility index (Phi) is 4.48. The molecule has 2 aromatic rings. The molecule has 0 aliphatic rings. The van der Waals surface area contributed by atoms with Crippen LogP contribution < -0.4 is 11.3 Å². The van der Waals surface area contributed by atoms with E-state index in [1.165, 1.54) is 11.1 Å². The smallest absolute Gasteiger partial charge is 0.0711 e. The van der Waals surface area contributed by atoms with E-state index >= 15 is 0 Å². The lowest BCUT2D eigenvalue weighted by Gasteiger charge is -2.18. The molecule has 0 bridgehead atoms. The third-order valence-electron chi connectivity index (χ3n) is 3.25. The molecule has 1 unspecified atom stereocenters. The van der Waals surface area contributed by atoms with Gasteiger partial charge in [-0.05, 0) is 54.3 Å². The number of hydrogen-bond acceptors (Lipinski definition) is 2. The van der Waals surface area contributed by atoms with Crippen LogP contribution in [0.1, 0.15) is 28.3 Å². The van der Waals surface area contributed by atoms with Crippen molar-refractivity contribution in [2.45, 2.75) is 19.9 Å². The summed E-state index contributed by atoms with van der Waals surface area (Å²) in [6.45, 7) is 4.16. The quantitative estimate of drug-likeness (QED) is 0.659. The lowest BCUT2D eigenvalue weighted by atomic mass is 9.96. The first-order chi connectivity index (χ1) is 9.01. The minimum Gasteiger partial charge on any atom is -0.271 e. The Labute approximate surface area is 123 Å². The van der Waals surface area contributed by atoms with Crippen LogP contribution in [0.3, 0.4) is 0 Å². The molecule has 0 spiro atoms. The fourth-order valence-electron chi connectivity index (χ4n) is 2.07. The number of aryl methyl sites for hydroxylation is 2. The fraction of sp³-hybridized carbons (Fsp3) is 0.200. The van der Waals surface area contributed by atoms with Gasteiger partial charge >= 0.3 is 0 Å². The zero-order chi connectivity index (χ0) is 14.0. The van der Waals surface area contributed by atoms with Crippen molar-refractivity contribution in [1.82, 2.24) is 5.43 Å². The van der Waals surface area contributed by atoms with Crippen LogP contribution in [-0.2, 0) is 0 Å². The Morgan fingerprint density at radius 3 is 2.05 bits per heavy atom. The van der Waals surface area contributed by atoms with Gasteiger partial charge in [-0.1, -0.05) is 41.4 Å². The van der Waals surface area contributed by atoms with Gasteiger partial charge in [-0.25, -0.2) is 5.43 Å². The second-order valence-corrected chi connectivity index (χ2v) is 5.52. The molecule has 0 saturated heterocycles. The number of nitrogens with one attached hydrogen (secondary N) is 1. The van der Waals surface area contributed by atoms with E-state index in [2.05, 4.69) is 37.5 Å². The van der Waals surface area contributed by atoms with Gasteiger partial charge in [0.25, 0.3) is 0 Å². The summed E-state index contributed by atoms with van der Waals surface area (Å²) in [7, 11) is 0. The van der Waals surface area contributed by atoms with Gasteiger partial charge in [-0.3, -0.25) is 5.84 Å². The molecule has 4 heteroatoms. The van der Waals surface area contributed by atoms with Crippen molar-refractivity contribution in [3.05, 3.63) is 68.7 Å². The minimum absolute atomic E-state index is 0.129. The monoisotopic (exact) mass is 294 g/mol. The van der Waals surface area contributed by atoms with Gasteiger partial charge in [-0.2, -0.15) is 0 Å². The molecule has 0 saturated carbocycles. The summed E-state index contributed by atoms with van der Waals surface area (Å²) >= 11 is 12.1. The summed E-state index contributed by atoms with van der Waals surface area (Å²) in [6.07, 6.45) is 0. The summed E-state index contributed by atoms with van der Waals surface area (Å²) in [4.78, 5) is 0. The predicted molar refractivity (Wildman–Crippen MR) is 81.5 cm³/mol. The lowest BCUT2D eigenvalue weighted by molar-refractivity contribution is 0.636. The number of hydrazine groups is 1. The summed E-state index contributed by atoms with van der Waals surface area (Å²) in [5.74, 6) is 5.69. The maximum Gasteiger partial charge on any atom is 0.0711 e. The van der Waals surface area contributed by atoms with Crippen molar-refractivity contribution < 1.29 is 0 Å². The average molecular weight is 295 g/mol. The number of rotatable bonds is 3. The van der Waals surface area contributed by atoms with E-state index in [9.17, 15) is 0 Å². The first-order valence-corrected chi connectivity index (χ1v) is 6.76. The molecule has 0 amide bonds. The van der Waals surface area contributed by atoms with Crippen molar-refractivity contribution in [2.24, 2.45) is 5.84 Å². The highest BCUT2D eigenvalue weighted by Gasteiger charge is 2.14. The van der Waals surface area contributed by atoms with Crippen molar-refractivity contribution in [2.75, 3.05) is 0 Å². The first-order valence-electron chi connectivity index (χ1n) is 6.00. The molecule has 3 N–H and O–H groups in total. The van der Waals surface area contributed by atoms with E-state index in [-0.39, 0.29) is 6.04 Å². The van der Waals surface area contributed by atoms with Crippen molar-refractivity contribution >= 4 is 23.2 Å². The molecule has 2 nitrogen and oxygen atoms in total. The molecule has 0 aliphatic carbocycles. The van der Waals surface area contributed by atoms with Crippen LogP contribution in [0.4, 0.5) is 0 Å². The van der Waals surface area contributed by atoms with Crippen LogP contribution in [0.15, 0.2) is 36.4 Å². The highest BCUT2D eigenvalue weighted by atomic mass is 35.5. The predicted octanol–water partition coefficient (Wildman–Crippen LogP) is 4.16. The van der Waals surface area contributed by atoms with Crippen LogP contribution in [-0.4, -0.2) is 0 Å². The molecule has 100 valence electrons. The molecule has 2 aromatic carbocycles. The molecule has 0 heterocycles. The first kappa shape index (κ1) is 14.4. The Balaban J connectivity index is 2.46. The van der Waals surface area contributed by atoms with Gasteiger partial charge < -0.3 is 0 Å². The van der Waals surface area contributed by atoms with E-state index in [0.717, 1.165) is 11.1 Å². The minimum atomic E-state index is -0.129. The highest BCUT2D eigenvalue weighted by Crippen LogP contribution is 2.28. The highest BCUT2D eigenvalue weighted by molar-refractivity contribution is 6.34. The molecule has 19 heavy (non-hydrogen) atoms. The molecule has 1 atom stereocenters. The zero-order valence-corrected chi connectivity index (χ0v) is 12.4. The van der Waals surface area contributed by atoms with Crippen LogP contribution in [0.5, 0.6) is 0 Å². The molecule has 0 fully saturated rings. The van der Waals surface area contributed by atoms with E-state index in [4.69, 9.17) is 29.0 Å². The van der Waals surface area contributed by atoms with Crippen molar-refractivity contribution in [3.8, 4) is 0 Å². The fourth-order valence-corrected chi connectivity index (χ4v) is 2.61. The van der Waals surface area contributed by atoms with Crippen molar-refractivity contribution in [3.63, 3.8) is 0 Å². The van der Waals surface area contributed by atoms with E-state index in [1.54, 1.807) is 6.07 Å². The van der Waals surface area contributed by atoms with Crippen LogP contribution in [0.25, 0.3) is 0 Å². The Morgan fingerprint density at radius 2 is 1.53 bits per heavy atom. The Hall–Kier alpha value is -1.06. The molecule has 2 rings (SSSR count). The van der Waals surface area contributed by atoms with Gasteiger partial charge in [0.1, 0.15) is 0 Å². The molecule has 0 radical (unpaired) electrons. The zero-order valence-electron chi connectivity index (χ0n) is 10.9. The normalized spacial score (nSPS) is 12.5. The van der Waals surface area contributed by atoms with Crippen molar-refractivity contribution in [1.29, 1.82) is 0 Å². The standard InChI is InChI=1S/C15H16Cl2N2/c1-9-3-4-11(5-10(9)2)15(19-18)12-6-13(16)8-14(17)7-12/h3-8,15,19H,18H2,1-2H3. The van der Waals surface area contributed by atoms with E-state index in [0.29, 0.717) is 10.0 Å². The Bertz CT molecular complexity index is 576. The molecular formula is C15H16Cl2N2. The summed E-state index contributed by atoms with van der Waals surface area (Å²) in [6, 6.07) is 11.6. The summed E-state index contributed by atoms with van der Waals surface area (Å²) in [5, 5.41) is 1.21. The largest absolute Gasteiger partial charge is 0.271 e. The summed E-state index contributed by atoms with van der Waals surface area (Å²) < 4.78 is 0. The number of benzene rings is 2. The van der Waals surface area contributed by atoms with Gasteiger partial charge in [0, 0.05) is 10.0 Å². The molecular weight excluding hydrogens is 279 g/mol. The topological polar surface area (TPSA) is 38.0 Å². The summed E-state index contributed by atoms with van der Waals surface area (Å²) in [5.41, 5.74) is 7.33. The van der Waals surface area contributed by atoms with Gasteiger partial charge in [0.15, 0.2) is 0 Å². The van der Waals surface area contributed by atoms with Crippen LogP contribution >= 0.6 is 23.2 Å². The molecule has 0 aliphatic heterocycles. The number of nitrogens with two attached hydrogens (primary N) is 1. The third-order valence-corrected chi connectivity index (χ3v) is 3.69. The van der Waals surface area contributed by atoms with Gasteiger partial charge in [0.2, 0.25) is 0 Å². The lowest BCUT2D eigenvalue weighted by Crippen LogP contribution is -2.28. The number of hydrogen-bond donors (Lipinski definition) is 2. The molecule has 0 aromatic heterocycles. The van der Waals surface area contributed by atoms with E-state index in [1.807, 2.05) is 12.1 Å². The third kappa shape index (κ3) is 3.28. The van der Waals surface area contributed by atoms with Gasteiger partial charge in [0.05, 0.1) is 6.04 Å². The van der Waals surface area contributed by atoms with Crippen LogP contribution in [0, 0.1) is 13.8 Å². The van der Waals surface area contributed by atoms with Gasteiger partial charge in [-0.15, -0.1) is 0 Å². The maximum absolute atomic E-state index is 6.04. The van der Waals surface area contributed by atoms with Crippen LogP contribution in [0.2, 0.25) is 10.0 Å². The second kappa shape index (κ2) is 5.93. The number of halogens is 2. The van der Waals surface area contributed by atoms with E-state index < -0.39 is 0 Å². The SMILES string of the molecule is Cc1ccc(C(NN)c2cc(Cl)cc(Cl)c2)cc1C.